The molecule has 1 aliphatic heterocycles. The Kier molecular flexibility index (Phi) is 3.11. The highest BCUT2D eigenvalue weighted by atomic mass is 32.2. The summed E-state index contributed by atoms with van der Waals surface area (Å²) in [6.07, 6.45) is 5.15. The monoisotopic (exact) mass is 184 g/mol. The summed E-state index contributed by atoms with van der Waals surface area (Å²) in [4.78, 5) is 14.1. The zero-order valence-corrected chi connectivity index (χ0v) is 7.21. The Morgan fingerprint density at radius 3 is 3.08 bits per heavy atom. The molecule has 0 aromatic heterocycles. The first-order valence-electron chi connectivity index (χ1n) is 3.50. The summed E-state index contributed by atoms with van der Waals surface area (Å²) in [6.45, 7) is 0.676. The van der Waals surface area contributed by atoms with Crippen molar-refractivity contribution in [3.63, 3.8) is 0 Å². The normalized spacial score (nSPS) is 18.1. The van der Waals surface area contributed by atoms with Crippen molar-refractivity contribution in [2.24, 2.45) is 4.99 Å². The van der Waals surface area contributed by atoms with Gasteiger partial charge in [0, 0.05) is 17.2 Å². The smallest absolute Gasteiger partial charge is 0.270 e. The van der Waals surface area contributed by atoms with Gasteiger partial charge in [0.05, 0.1) is 6.42 Å². The maximum Gasteiger partial charge on any atom is 0.270 e. The lowest BCUT2D eigenvalue weighted by Gasteiger charge is -2.03. The van der Waals surface area contributed by atoms with E-state index in [1.807, 2.05) is 0 Å². The van der Waals surface area contributed by atoms with Crippen molar-refractivity contribution in [1.82, 2.24) is 0 Å². The van der Waals surface area contributed by atoms with Crippen LogP contribution < -0.4 is 0 Å². The third kappa shape index (κ3) is 1.98. The van der Waals surface area contributed by atoms with E-state index in [1.54, 1.807) is 0 Å². The third-order valence-electron chi connectivity index (χ3n) is 1.46. The fourth-order valence-corrected chi connectivity index (χ4v) is 1.85. The van der Waals surface area contributed by atoms with Crippen LogP contribution >= 0.6 is 11.8 Å². The maximum atomic E-state index is 10.5. The van der Waals surface area contributed by atoms with Crippen molar-refractivity contribution in [2.45, 2.75) is 12.5 Å². The van der Waals surface area contributed by atoms with Gasteiger partial charge in [-0.15, -0.1) is 18.2 Å². The zero-order chi connectivity index (χ0) is 8.97. The molecule has 64 valence electrons. The Bertz CT molecular complexity index is 257. The van der Waals surface area contributed by atoms with Gasteiger partial charge in [-0.3, -0.25) is 15.1 Å². The molecule has 1 aliphatic rings. The molecule has 1 unspecified atom stereocenters. The molecule has 1 atom stereocenters. The zero-order valence-electron chi connectivity index (χ0n) is 6.40. The SMILES string of the molecule is C#CCC(C1=NCCS1)[N+](=O)[O-]. The largest absolute Gasteiger partial charge is 0.275 e. The van der Waals surface area contributed by atoms with Gasteiger partial charge in [0.2, 0.25) is 0 Å². The van der Waals surface area contributed by atoms with Crippen LogP contribution in [0.3, 0.4) is 0 Å². The molecule has 0 aromatic rings. The van der Waals surface area contributed by atoms with Gasteiger partial charge in [-0.25, -0.2) is 0 Å². The summed E-state index contributed by atoms with van der Waals surface area (Å²) in [5, 5.41) is 11.1. The first-order valence-corrected chi connectivity index (χ1v) is 4.48. The van der Waals surface area contributed by atoms with Crippen molar-refractivity contribution >= 4 is 16.8 Å². The molecule has 1 rings (SSSR count). The highest BCUT2D eigenvalue weighted by Gasteiger charge is 2.28. The van der Waals surface area contributed by atoms with Gasteiger partial charge >= 0.3 is 0 Å². The molecule has 0 saturated heterocycles. The molecule has 0 fully saturated rings. The Labute approximate surface area is 74.6 Å². The number of aliphatic imine (C=N–C) groups is 1. The standard InChI is InChI=1S/C7H8N2O2S/c1-2-3-6(9(10)11)7-8-4-5-12-7/h1,6H,3-5H2. The summed E-state index contributed by atoms with van der Waals surface area (Å²) >= 11 is 1.43. The Morgan fingerprint density at radius 1 is 1.92 bits per heavy atom. The molecule has 4 nitrogen and oxygen atoms in total. The molecule has 0 aliphatic carbocycles. The van der Waals surface area contributed by atoms with Gasteiger partial charge in [0.1, 0.15) is 5.04 Å². The molecule has 5 heteroatoms. The lowest BCUT2D eigenvalue weighted by Crippen LogP contribution is -2.26. The summed E-state index contributed by atoms with van der Waals surface area (Å²) in [5.41, 5.74) is 0. The molecular weight excluding hydrogens is 176 g/mol. The molecule has 0 N–H and O–H groups in total. The molecule has 0 bridgehead atoms. The van der Waals surface area contributed by atoms with Gasteiger partial charge < -0.3 is 0 Å². The minimum absolute atomic E-state index is 0.138. The number of hydrogen-bond donors (Lipinski definition) is 0. The number of thioether (sulfide) groups is 1. The first-order chi connectivity index (χ1) is 5.75. The molecular formula is C7H8N2O2S. The van der Waals surface area contributed by atoms with E-state index in [1.165, 1.54) is 11.8 Å². The summed E-state index contributed by atoms with van der Waals surface area (Å²) in [7, 11) is 0. The lowest BCUT2D eigenvalue weighted by atomic mass is 10.2. The first kappa shape index (κ1) is 9.07. The fraction of sp³-hybridized carbons (Fsp3) is 0.571. The maximum absolute atomic E-state index is 10.5. The number of hydrogen-bond acceptors (Lipinski definition) is 4. The Morgan fingerprint density at radius 2 is 2.67 bits per heavy atom. The predicted octanol–water partition coefficient (Wildman–Crippen LogP) is 0.800. The van der Waals surface area contributed by atoms with Crippen LogP contribution in [0.15, 0.2) is 4.99 Å². The quantitative estimate of drug-likeness (QED) is 0.370. The second-order valence-corrected chi connectivity index (χ2v) is 3.39. The van der Waals surface area contributed by atoms with Crippen LogP contribution in [0.2, 0.25) is 0 Å². The second kappa shape index (κ2) is 4.12. The van der Waals surface area contributed by atoms with E-state index in [0.29, 0.717) is 11.6 Å². The highest BCUT2D eigenvalue weighted by molar-refractivity contribution is 8.14. The molecule has 0 radical (unpaired) electrons. The molecule has 12 heavy (non-hydrogen) atoms. The molecule has 0 amide bonds. The van der Waals surface area contributed by atoms with E-state index in [4.69, 9.17) is 6.42 Å². The van der Waals surface area contributed by atoms with Crippen molar-refractivity contribution in [3.05, 3.63) is 10.1 Å². The number of nitrogens with zero attached hydrogens (tertiary/aromatic N) is 2. The fourth-order valence-electron chi connectivity index (χ4n) is 0.917. The van der Waals surface area contributed by atoms with Gasteiger partial charge in [-0.2, -0.15) is 0 Å². The highest BCUT2D eigenvalue weighted by Crippen LogP contribution is 2.17. The van der Waals surface area contributed by atoms with E-state index in [-0.39, 0.29) is 11.3 Å². The van der Waals surface area contributed by atoms with Crippen LogP contribution in [0, 0.1) is 22.5 Å². The van der Waals surface area contributed by atoms with E-state index in [9.17, 15) is 10.1 Å². The van der Waals surface area contributed by atoms with Gasteiger partial charge in [0.25, 0.3) is 6.04 Å². The summed E-state index contributed by atoms with van der Waals surface area (Å²) in [6, 6.07) is -0.775. The van der Waals surface area contributed by atoms with E-state index in [2.05, 4.69) is 10.9 Å². The number of rotatable bonds is 3. The molecule has 0 spiro atoms. The molecule has 0 aromatic carbocycles. The minimum Gasteiger partial charge on any atom is -0.275 e. The second-order valence-electron chi connectivity index (χ2n) is 2.28. The van der Waals surface area contributed by atoms with Crippen LogP contribution in [0.4, 0.5) is 0 Å². The van der Waals surface area contributed by atoms with Crippen LogP contribution in [0.5, 0.6) is 0 Å². The van der Waals surface area contributed by atoms with Crippen LogP contribution in [-0.2, 0) is 0 Å². The minimum atomic E-state index is -0.775. The van der Waals surface area contributed by atoms with Gasteiger partial charge in [-0.1, -0.05) is 5.92 Å². The number of nitro groups is 1. The van der Waals surface area contributed by atoms with Crippen LogP contribution in [-0.4, -0.2) is 28.3 Å². The molecule has 0 saturated carbocycles. The van der Waals surface area contributed by atoms with Crippen molar-refractivity contribution in [1.29, 1.82) is 0 Å². The van der Waals surface area contributed by atoms with Crippen LogP contribution in [0.25, 0.3) is 0 Å². The van der Waals surface area contributed by atoms with E-state index >= 15 is 0 Å². The van der Waals surface area contributed by atoms with Gasteiger partial charge in [-0.05, 0) is 0 Å². The van der Waals surface area contributed by atoms with Gasteiger partial charge in [0.15, 0.2) is 0 Å². The summed E-state index contributed by atoms with van der Waals surface area (Å²) in [5.74, 6) is 3.13. The van der Waals surface area contributed by atoms with E-state index in [0.717, 1.165) is 5.75 Å². The molecule has 1 heterocycles. The average molecular weight is 184 g/mol. The third-order valence-corrected chi connectivity index (χ3v) is 2.54. The topological polar surface area (TPSA) is 55.5 Å². The van der Waals surface area contributed by atoms with Crippen molar-refractivity contribution in [2.75, 3.05) is 12.3 Å². The van der Waals surface area contributed by atoms with E-state index < -0.39 is 6.04 Å². The lowest BCUT2D eigenvalue weighted by molar-refractivity contribution is -0.500. The Balaban J connectivity index is 2.66. The van der Waals surface area contributed by atoms with Crippen LogP contribution in [0.1, 0.15) is 6.42 Å². The van der Waals surface area contributed by atoms with Crippen molar-refractivity contribution in [3.8, 4) is 12.3 Å². The summed E-state index contributed by atoms with van der Waals surface area (Å²) < 4.78 is 0. The number of terminal acetylenes is 1. The average Bonchev–Trinajstić information content (AvgIpc) is 2.51. The Hall–Kier alpha value is -1.02. The predicted molar refractivity (Wildman–Crippen MR) is 49.0 cm³/mol. The van der Waals surface area contributed by atoms with Crippen molar-refractivity contribution < 1.29 is 4.92 Å².